The van der Waals surface area contributed by atoms with Crippen LogP contribution in [0, 0.1) is 13.8 Å². The van der Waals surface area contributed by atoms with E-state index in [-0.39, 0.29) is 6.03 Å². The van der Waals surface area contributed by atoms with E-state index in [0.717, 1.165) is 23.2 Å². The van der Waals surface area contributed by atoms with Crippen molar-refractivity contribution in [1.82, 2.24) is 4.90 Å². The molecule has 108 valence electrons. The van der Waals surface area contributed by atoms with Gasteiger partial charge in [-0.05, 0) is 49.9 Å². The van der Waals surface area contributed by atoms with E-state index in [2.05, 4.69) is 0 Å². The fourth-order valence-corrected chi connectivity index (χ4v) is 2.70. The molecule has 1 heterocycles. The van der Waals surface area contributed by atoms with Crippen molar-refractivity contribution in [3.8, 4) is 0 Å². The van der Waals surface area contributed by atoms with Gasteiger partial charge in [-0.1, -0.05) is 6.07 Å². The fourth-order valence-electron chi connectivity index (χ4n) is 2.70. The minimum absolute atomic E-state index is 0.250. The molecule has 0 aromatic heterocycles. The Morgan fingerprint density at radius 3 is 2.40 bits per heavy atom. The third-order valence-corrected chi connectivity index (χ3v) is 3.66. The molecule has 0 saturated carbocycles. The Balaban J connectivity index is 2.22. The molecule has 1 aromatic rings. The Hall–Kier alpha value is -2.04. The van der Waals surface area contributed by atoms with Crippen LogP contribution < -0.4 is 4.90 Å². The summed E-state index contributed by atoms with van der Waals surface area (Å²) in [5.41, 5.74) is 2.95. The third-order valence-electron chi connectivity index (χ3n) is 3.66. The van der Waals surface area contributed by atoms with Crippen LogP contribution in [0.4, 0.5) is 10.5 Å². The molecule has 0 radical (unpaired) electrons. The molecule has 20 heavy (non-hydrogen) atoms. The molecule has 2 rings (SSSR count). The van der Waals surface area contributed by atoms with E-state index < -0.39 is 12.0 Å². The van der Waals surface area contributed by atoms with Crippen LogP contribution in [-0.2, 0) is 4.79 Å². The Kier molecular flexibility index (Phi) is 3.97. The molecule has 5 heteroatoms. The minimum Gasteiger partial charge on any atom is -0.480 e. The largest absolute Gasteiger partial charge is 0.480 e. The van der Waals surface area contributed by atoms with Gasteiger partial charge in [0.15, 0.2) is 0 Å². The standard InChI is InChI=1S/C15H20N2O3/c1-10-7-11(2)9-12(8-10)16(3)15(20)17-6-4-5-13(17)14(18)19/h7-9,13H,4-6H2,1-3H3,(H,18,19)/t13-/m0/s1. The van der Waals surface area contributed by atoms with Crippen LogP contribution in [0.3, 0.4) is 0 Å². The molecule has 0 unspecified atom stereocenters. The van der Waals surface area contributed by atoms with Crippen molar-refractivity contribution in [2.75, 3.05) is 18.5 Å². The number of benzene rings is 1. The number of anilines is 1. The molecular weight excluding hydrogens is 256 g/mol. The zero-order valence-corrected chi connectivity index (χ0v) is 12.1. The summed E-state index contributed by atoms with van der Waals surface area (Å²) in [5.74, 6) is -0.926. The first-order valence-corrected chi connectivity index (χ1v) is 6.75. The average molecular weight is 276 g/mol. The molecule has 1 saturated heterocycles. The molecular formula is C15H20N2O3. The normalized spacial score (nSPS) is 18.1. The van der Waals surface area contributed by atoms with Gasteiger partial charge >= 0.3 is 12.0 Å². The average Bonchev–Trinajstić information content (AvgIpc) is 2.85. The van der Waals surface area contributed by atoms with Gasteiger partial charge in [0, 0.05) is 19.3 Å². The van der Waals surface area contributed by atoms with Gasteiger partial charge < -0.3 is 10.0 Å². The van der Waals surface area contributed by atoms with Gasteiger partial charge in [-0.15, -0.1) is 0 Å². The second-order valence-corrected chi connectivity index (χ2v) is 5.38. The van der Waals surface area contributed by atoms with E-state index in [1.54, 1.807) is 7.05 Å². The Labute approximate surface area is 118 Å². The van der Waals surface area contributed by atoms with Gasteiger partial charge in [0.25, 0.3) is 0 Å². The van der Waals surface area contributed by atoms with Crippen molar-refractivity contribution in [3.05, 3.63) is 29.3 Å². The van der Waals surface area contributed by atoms with Crippen LogP contribution in [0.2, 0.25) is 0 Å². The number of carboxylic acids is 1. The van der Waals surface area contributed by atoms with Gasteiger partial charge in [0.2, 0.25) is 0 Å². The van der Waals surface area contributed by atoms with E-state index in [9.17, 15) is 9.59 Å². The Morgan fingerprint density at radius 2 is 1.85 bits per heavy atom. The summed E-state index contributed by atoms with van der Waals surface area (Å²) >= 11 is 0. The van der Waals surface area contributed by atoms with E-state index >= 15 is 0 Å². The van der Waals surface area contributed by atoms with Gasteiger partial charge in [-0.25, -0.2) is 9.59 Å². The maximum Gasteiger partial charge on any atom is 0.326 e. The van der Waals surface area contributed by atoms with Crippen molar-refractivity contribution in [2.24, 2.45) is 0 Å². The number of carboxylic acid groups (broad SMARTS) is 1. The summed E-state index contributed by atoms with van der Waals surface area (Å²) in [6.45, 7) is 4.46. The van der Waals surface area contributed by atoms with Crippen molar-refractivity contribution in [2.45, 2.75) is 32.7 Å². The Morgan fingerprint density at radius 1 is 1.25 bits per heavy atom. The number of aliphatic carboxylic acids is 1. The smallest absolute Gasteiger partial charge is 0.326 e. The molecule has 2 amide bonds. The van der Waals surface area contributed by atoms with Crippen molar-refractivity contribution in [3.63, 3.8) is 0 Å². The number of hydrogen-bond acceptors (Lipinski definition) is 2. The zero-order valence-electron chi connectivity index (χ0n) is 12.1. The van der Waals surface area contributed by atoms with E-state index in [1.807, 2.05) is 32.0 Å². The van der Waals surface area contributed by atoms with Gasteiger partial charge in [-0.3, -0.25) is 4.90 Å². The first-order valence-electron chi connectivity index (χ1n) is 6.75. The van der Waals surface area contributed by atoms with Crippen LogP contribution in [0.15, 0.2) is 18.2 Å². The number of likely N-dealkylation sites (tertiary alicyclic amines) is 1. The number of urea groups is 1. The van der Waals surface area contributed by atoms with E-state index in [4.69, 9.17) is 5.11 Å². The molecule has 1 aliphatic heterocycles. The SMILES string of the molecule is Cc1cc(C)cc(N(C)C(=O)N2CCC[C@H]2C(=O)O)c1. The monoisotopic (exact) mass is 276 g/mol. The number of hydrogen-bond donors (Lipinski definition) is 1. The van der Waals surface area contributed by atoms with E-state index in [0.29, 0.717) is 13.0 Å². The lowest BCUT2D eigenvalue weighted by Crippen LogP contribution is -2.46. The predicted molar refractivity (Wildman–Crippen MR) is 77.1 cm³/mol. The quantitative estimate of drug-likeness (QED) is 0.902. The molecule has 0 bridgehead atoms. The first kappa shape index (κ1) is 14.4. The molecule has 0 spiro atoms. The fraction of sp³-hybridized carbons (Fsp3) is 0.467. The van der Waals surface area contributed by atoms with Crippen LogP contribution in [0.1, 0.15) is 24.0 Å². The van der Waals surface area contributed by atoms with Gasteiger partial charge in [0.05, 0.1) is 0 Å². The van der Waals surface area contributed by atoms with Crippen LogP contribution >= 0.6 is 0 Å². The lowest BCUT2D eigenvalue weighted by molar-refractivity contribution is -0.141. The highest BCUT2D eigenvalue weighted by Gasteiger charge is 2.35. The summed E-state index contributed by atoms with van der Waals surface area (Å²) in [5, 5.41) is 9.16. The highest BCUT2D eigenvalue weighted by Crippen LogP contribution is 2.23. The molecule has 1 aromatic carbocycles. The highest BCUT2D eigenvalue weighted by molar-refractivity contribution is 5.94. The number of nitrogens with zero attached hydrogens (tertiary/aromatic N) is 2. The molecule has 1 N–H and O–H groups in total. The number of carbonyl (C=O) groups excluding carboxylic acids is 1. The maximum absolute atomic E-state index is 12.5. The number of carbonyl (C=O) groups is 2. The van der Waals surface area contributed by atoms with Crippen LogP contribution in [0.5, 0.6) is 0 Å². The third kappa shape index (κ3) is 2.76. The summed E-state index contributed by atoms with van der Waals surface area (Å²) < 4.78 is 0. The summed E-state index contributed by atoms with van der Waals surface area (Å²) in [6, 6.07) is 4.95. The zero-order chi connectivity index (χ0) is 14.9. The van der Waals surface area contributed by atoms with Gasteiger partial charge in [0.1, 0.15) is 6.04 Å². The molecule has 5 nitrogen and oxygen atoms in total. The molecule has 0 aliphatic carbocycles. The summed E-state index contributed by atoms with van der Waals surface area (Å²) in [6.07, 6.45) is 1.27. The van der Waals surface area contributed by atoms with E-state index in [1.165, 1.54) is 9.80 Å². The minimum atomic E-state index is -0.926. The number of rotatable bonds is 2. The van der Waals surface area contributed by atoms with Crippen molar-refractivity contribution in [1.29, 1.82) is 0 Å². The second-order valence-electron chi connectivity index (χ2n) is 5.38. The van der Waals surface area contributed by atoms with Crippen LogP contribution in [0.25, 0.3) is 0 Å². The van der Waals surface area contributed by atoms with Crippen LogP contribution in [-0.4, -0.2) is 41.6 Å². The number of aryl methyl sites for hydroxylation is 2. The second kappa shape index (κ2) is 5.53. The molecule has 1 aliphatic rings. The predicted octanol–water partition coefficient (Wildman–Crippen LogP) is 2.41. The lowest BCUT2D eigenvalue weighted by atomic mass is 10.1. The summed E-state index contributed by atoms with van der Waals surface area (Å²) in [4.78, 5) is 26.6. The summed E-state index contributed by atoms with van der Waals surface area (Å²) in [7, 11) is 1.69. The highest BCUT2D eigenvalue weighted by atomic mass is 16.4. The Bertz CT molecular complexity index is 522. The topological polar surface area (TPSA) is 60.9 Å². The first-order chi connectivity index (χ1) is 9.40. The maximum atomic E-state index is 12.5. The van der Waals surface area contributed by atoms with Gasteiger partial charge in [-0.2, -0.15) is 0 Å². The number of amides is 2. The molecule has 1 fully saturated rings. The lowest BCUT2D eigenvalue weighted by Gasteiger charge is -2.28. The molecule has 1 atom stereocenters. The van der Waals surface area contributed by atoms with Crippen molar-refractivity contribution >= 4 is 17.7 Å². The van der Waals surface area contributed by atoms with Crippen molar-refractivity contribution < 1.29 is 14.7 Å².